The van der Waals surface area contributed by atoms with Crippen LogP contribution >= 0.6 is 0 Å². The molecule has 1 atom stereocenters. The molecule has 0 radical (unpaired) electrons. The van der Waals surface area contributed by atoms with E-state index in [1.807, 2.05) is 6.07 Å². The molecule has 142 valence electrons. The highest BCUT2D eigenvalue weighted by Gasteiger charge is 2.43. The molecule has 1 amide bonds. The van der Waals surface area contributed by atoms with Crippen molar-refractivity contribution in [2.75, 3.05) is 19.6 Å². The zero-order valence-electron chi connectivity index (χ0n) is 15.4. The molecule has 27 heavy (non-hydrogen) atoms. The molecule has 2 aromatic carbocycles. The third kappa shape index (κ3) is 3.89. The van der Waals surface area contributed by atoms with Gasteiger partial charge in [-0.15, -0.1) is 0 Å². The Hall–Kier alpha value is -2.24. The molecule has 4 nitrogen and oxygen atoms in total. The molecule has 0 unspecified atom stereocenters. The summed E-state index contributed by atoms with van der Waals surface area (Å²) in [6.07, 6.45) is 2.21. The highest BCUT2D eigenvalue weighted by Crippen LogP contribution is 2.28. The molecule has 0 bridgehead atoms. The van der Waals surface area contributed by atoms with Gasteiger partial charge in [-0.25, -0.2) is 4.39 Å². The smallest absolute Gasteiger partial charge is 0.256 e. The minimum Gasteiger partial charge on any atom is -0.379 e. The topological polar surface area (TPSA) is 43.8 Å². The predicted octanol–water partition coefficient (Wildman–Crippen LogP) is 2.74. The number of nitrogens with zero attached hydrogens (tertiary/aromatic N) is 2. The van der Waals surface area contributed by atoms with Gasteiger partial charge in [0.05, 0.1) is 0 Å². The molecule has 2 aliphatic rings. The van der Waals surface area contributed by atoms with Gasteiger partial charge in [-0.05, 0) is 48.1 Å². The maximum atomic E-state index is 13.1. The summed E-state index contributed by atoms with van der Waals surface area (Å²) in [5.74, 6) is -0.498. The standard InChI is InChI=1S/C22H25FN2O2/c23-20-8-6-17(7-9-20)14-25-12-3-11-22(27,21(25)26)16-24-13-10-18-4-1-2-5-19(18)15-24/h1-2,4-9,27H,3,10-16H2/t22-/m0/s1. The average Bonchev–Trinajstić information content (AvgIpc) is 2.67. The van der Waals surface area contributed by atoms with Gasteiger partial charge in [0.25, 0.3) is 5.91 Å². The van der Waals surface area contributed by atoms with Crippen LogP contribution in [0.3, 0.4) is 0 Å². The lowest BCUT2D eigenvalue weighted by Gasteiger charge is -2.42. The lowest BCUT2D eigenvalue weighted by atomic mass is 9.89. The van der Waals surface area contributed by atoms with Crippen molar-refractivity contribution in [3.63, 3.8) is 0 Å². The number of hydrogen-bond acceptors (Lipinski definition) is 3. The van der Waals surface area contributed by atoms with Gasteiger partial charge < -0.3 is 10.0 Å². The van der Waals surface area contributed by atoms with Crippen molar-refractivity contribution in [3.8, 4) is 0 Å². The lowest BCUT2D eigenvalue weighted by Crippen LogP contribution is -2.58. The Morgan fingerprint density at radius 3 is 2.56 bits per heavy atom. The van der Waals surface area contributed by atoms with E-state index in [0.717, 1.165) is 31.5 Å². The first-order valence-electron chi connectivity index (χ1n) is 9.59. The average molecular weight is 368 g/mol. The van der Waals surface area contributed by atoms with Crippen molar-refractivity contribution in [3.05, 3.63) is 71.0 Å². The molecule has 2 aromatic rings. The number of benzene rings is 2. The summed E-state index contributed by atoms with van der Waals surface area (Å²) in [5, 5.41) is 11.1. The Balaban J connectivity index is 1.44. The van der Waals surface area contributed by atoms with Crippen LogP contribution in [0.15, 0.2) is 48.5 Å². The molecule has 0 spiro atoms. The fraction of sp³-hybridized carbons (Fsp3) is 0.409. The molecule has 5 heteroatoms. The maximum Gasteiger partial charge on any atom is 0.256 e. The van der Waals surface area contributed by atoms with Crippen LogP contribution in [-0.4, -0.2) is 46.0 Å². The van der Waals surface area contributed by atoms with Gasteiger partial charge in [0.1, 0.15) is 5.82 Å². The molecule has 0 aliphatic carbocycles. The largest absolute Gasteiger partial charge is 0.379 e. The highest BCUT2D eigenvalue weighted by atomic mass is 19.1. The summed E-state index contributed by atoms with van der Waals surface area (Å²) >= 11 is 0. The second-order valence-corrected chi connectivity index (χ2v) is 7.72. The third-order valence-corrected chi connectivity index (χ3v) is 5.69. The summed E-state index contributed by atoms with van der Waals surface area (Å²) < 4.78 is 13.1. The maximum absolute atomic E-state index is 13.1. The van der Waals surface area contributed by atoms with Crippen molar-refractivity contribution in [1.29, 1.82) is 0 Å². The van der Waals surface area contributed by atoms with E-state index in [9.17, 15) is 14.3 Å². The number of carbonyl (C=O) groups excluding carboxylic acids is 1. The Kier molecular flexibility index (Phi) is 4.98. The van der Waals surface area contributed by atoms with E-state index in [1.165, 1.54) is 23.3 Å². The Labute approximate surface area is 159 Å². The van der Waals surface area contributed by atoms with Gasteiger partial charge in [0, 0.05) is 32.7 Å². The van der Waals surface area contributed by atoms with Crippen LogP contribution in [0.4, 0.5) is 4.39 Å². The summed E-state index contributed by atoms with van der Waals surface area (Å²) in [6.45, 7) is 3.01. The van der Waals surface area contributed by atoms with E-state index >= 15 is 0 Å². The van der Waals surface area contributed by atoms with Crippen molar-refractivity contribution in [2.24, 2.45) is 0 Å². The number of piperidine rings is 1. The van der Waals surface area contributed by atoms with E-state index in [4.69, 9.17) is 0 Å². The molecule has 1 saturated heterocycles. The molecule has 1 N–H and O–H groups in total. The van der Waals surface area contributed by atoms with Crippen LogP contribution < -0.4 is 0 Å². The minimum absolute atomic E-state index is 0.211. The number of likely N-dealkylation sites (tertiary alicyclic amines) is 1. The van der Waals surface area contributed by atoms with Crippen molar-refractivity contribution < 1.29 is 14.3 Å². The van der Waals surface area contributed by atoms with E-state index in [1.54, 1.807) is 17.0 Å². The Morgan fingerprint density at radius 2 is 1.78 bits per heavy atom. The fourth-order valence-electron chi connectivity index (χ4n) is 4.23. The summed E-state index contributed by atoms with van der Waals surface area (Å²) in [7, 11) is 0. The van der Waals surface area contributed by atoms with Gasteiger partial charge in [-0.1, -0.05) is 36.4 Å². The van der Waals surface area contributed by atoms with E-state index in [0.29, 0.717) is 26.1 Å². The zero-order valence-corrected chi connectivity index (χ0v) is 15.4. The fourth-order valence-corrected chi connectivity index (χ4v) is 4.23. The molecule has 0 aromatic heterocycles. The number of halogens is 1. The van der Waals surface area contributed by atoms with Crippen molar-refractivity contribution in [1.82, 2.24) is 9.80 Å². The van der Waals surface area contributed by atoms with Crippen LogP contribution in [0, 0.1) is 5.82 Å². The Bertz CT molecular complexity index is 823. The molecule has 1 fully saturated rings. The van der Waals surface area contributed by atoms with Gasteiger partial charge >= 0.3 is 0 Å². The molecule has 4 rings (SSSR count). The first kappa shape index (κ1) is 18.1. The van der Waals surface area contributed by atoms with Crippen molar-refractivity contribution >= 4 is 5.91 Å². The second-order valence-electron chi connectivity index (χ2n) is 7.72. The number of fused-ring (bicyclic) bond motifs is 1. The Morgan fingerprint density at radius 1 is 1.04 bits per heavy atom. The number of rotatable bonds is 4. The van der Waals surface area contributed by atoms with Gasteiger partial charge in [0.15, 0.2) is 5.60 Å². The molecule has 0 saturated carbocycles. The van der Waals surface area contributed by atoms with E-state index in [2.05, 4.69) is 23.1 Å². The number of carbonyl (C=O) groups is 1. The van der Waals surface area contributed by atoms with Gasteiger partial charge in [0.2, 0.25) is 0 Å². The van der Waals surface area contributed by atoms with Crippen LogP contribution in [0.2, 0.25) is 0 Å². The zero-order chi connectivity index (χ0) is 18.9. The minimum atomic E-state index is -1.34. The molecular weight excluding hydrogens is 343 g/mol. The lowest BCUT2D eigenvalue weighted by molar-refractivity contribution is -0.160. The van der Waals surface area contributed by atoms with E-state index in [-0.39, 0.29) is 11.7 Å². The summed E-state index contributed by atoms with van der Waals surface area (Å²) in [4.78, 5) is 16.9. The second kappa shape index (κ2) is 7.41. The molecule has 2 heterocycles. The normalized spacial score (nSPS) is 23.3. The predicted molar refractivity (Wildman–Crippen MR) is 101 cm³/mol. The third-order valence-electron chi connectivity index (χ3n) is 5.69. The summed E-state index contributed by atoms with van der Waals surface area (Å²) in [6, 6.07) is 14.6. The number of β-amino-alcohol motifs (C(OH)–C–C–N with tert-alkyl or cyclic N) is 1. The first-order chi connectivity index (χ1) is 13.0. The monoisotopic (exact) mass is 368 g/mol. The molecule has 2 aliphatic heterocycles. The van der Waals surface area contributed by atoms with Crippen LogP contribution in [0.25, 0.3) is 0 Å². The molecular formula is C22H25FN2O2. The van der Waals surface area contributed by atoms with Gasteiger partial charge in [-0.3, -0.25) is 9.69 Å². The first-order valence-corrected chi connectivity index (χ1v) is 9.59. The van der Waals surface area contributed by atoms with Crippen LogP contribution in [0.5, 0.6) is 0 Å². The van der Waals surface area contributed by atoms with Crippen molar-refractivity contribution in [2.45, 2.75) is 38.0 Å². The van der Waals surface area contributed by atoms with E-state index < -0.39 is 5.60 Å². The van der Waals surface area contributed by atoms with Crippen LogP contribution in [0.1, 0.15) is 29.5 Å². The van der Waals surface area contributed by atoms with Gasteiger partial charge in [-0.2, -0.15) is 0 Å². The number of aliphatic hydroxyl groups is 1. The number of amides is 1. The van der Waals surface area contributed by atoms with Crippen LogP contribution in [-0.2, 0) is 24.3 Å². The summed E-state index contributed by atoms with van der Waals surface area (Å²) in [5.41, 5.74) is 2.17. The number of hydrogen-bond donors (Lipinski definition) is 1. The highest BCUT2D eigenvalue weighted by molar-refractivity contribution is 5.86. The SMILES string of the molecule is O=C1N(Cc2ccc(F)cc2)CCC[C@]1(O)CN1CCc2ccccc2C1. The quantitative estimate of drug-likeness (QED) is 0.903.